The summed E-state index contributed by atoms with van der Waals surface area (Å²) in [6, 6.07) is 25.4. The number of amides is 2. The van der Waals surface area contributed by atoms with Crippen LogP contribution >= 0.6 is 27.7 Å². The molecule has 0 spiro atoms. The van der Waals surface area contributed by atoms with E-state index in [2.05, 4.69) is 40.3 Å². The van der Waals surface area contributed by atoms with E-state index < -0.39 is 11.6 Å². The molecule has 0 unspecified atom stereocenters. The minimum Gasteiger partial charge on any atom is -0.350 e. The van der Waals surface area contributed by atoms with Gasteiger partial charge in [-0.2, -0.15) is 0 Å². The average Bonchev–Trinajstić information content (AvgIpc) is 2.82. The highest BCUT2D eigenvalue weighted by Crippen LogP contribution is 2.21. The highest BCUT2D eigenvalue weighted by atomic mass is 79.9. The molecule has 0 aliphatic heterocycles. The average molecular weight is 568 g/mol. The molecule has 0 heterocycles. The normalized spacial score (nSPS) is 12.1. The maximum Gasteiger partial charge on any atom is 0.243 e. The monoisotopic (exact) mass is 566 g/mol. The number of halogens is 1. The Morgan fingerprint density at radius 2 is 1.61 bits per heavy atom. The molecule has 3 aromatic rings. The van der Waals surface area contributed by atoms with Crippen LogP contribution in [0, 0.1) is 6.92 Å². The minimum absolute atomic E-state index is 0.0430. The van der Waals surface area contributed by atoms with Gasteiger partial charge in [0.15, 0.2) is 0 Å². The van der Waals surface area contributed by atoms with Crippen LogP contribution in [0.25, 0.3) is 0 Å². The largest absolute Gasteiger partial charge is 0.350 e. The van der Waals surface area contributed by atoms with Gasteiger partial charge in [0.25, 0.3) is 0 Å². The summed E-state index contributed by atoms with van der Waals surface area (Å²) in [5, 5.41) is 3.11. The van der Waals surface area contributed by atoms with E-state index in [1.165, 1.54) is 11.1 Å². The maximum atomic E-state index is 13.7. The lowest BCUT2D eigenvalue weighted by Gasteiger charge is -2.34. The fourth-order valence-corrected chi connectivity index (χ4v) is 5.38. The highest BCUT2D eigenvalue weighted by Gasteiger charge is 2.32. The SMILES string of the molecule is Cc1ccccc1CSCC(=O)N(Cc1cccc(Br)c1)[C@H](Cc1ccccc1)C(=O)NC(C)(C)C. The van der Waals surface area contributed by atoms with Crippen LogP contribution in [0.1, 0.15) is 43.0 Å². The van der Waals surface area contributed by atoms with E-state index in [9.17, 15) is 9.59 Å². The van der Waals surface area contributed by atoms with Crippen LogP contribution in [0.4, 0.5) is 0 Å². The maximum absolute atomic E-state index is 13.7. The van der Waals surface area contributed by atoms with E-state index in [-0.39, 0.29) is 11.8 Å². The van der Waals surface area contributed by atoms with Crippen molar-refractivity contribution in [2.75, 3.05) is 5.75 Å². The molecule has 36 heavy (non-hydrogen) atoms. The van der Waals surface area contributed by atoms with E-state index in [4.69, 9.17) is 0 Å². The third-order valence-electron chi connectivity index (χ3n) is 5.76. The van der Waals surface area contributed by atoms with Crippen LogP contribution in [-0.4, -0.2) is 34.0 Å². The number of nitrogens with zero attached hydrogens (tertiary/aromatic N) is 1. The summed E-state index contributed by atoms with van der Waals surface area (Å²) in [6.45, 7) is 8.33. The zero-order valence-corrected chi connectivity index (χ0v) is 23.9. The molecule has 2 amide bonds. The molecular formula is C30H35BrN2O2S. The number of hydrogen-bond acceptors (Lipinski definition) is 3. The lowest BCUT2D eigenvalue weighted by Crippen LogP contribution is -2.54. The number of benzene rings is 3. The van der Waals surface area contributed by atoms with Crippen molar-refractivity contribution in [1.82, 2.24) is 10.2 Å². The summed E-state index contributed by atoms with van der Waals surface area (Å²) in [5.74, 6) is 0.869. The molecule has 0 saturated carbocycles. The summed E-state index contributed by atoms with van der Waals surface area (Å²) >= 11 is 5.12. The predicted octanol–water partition coefficient (Wildman–Crippen LogP) is 6.55. The van der Waals surface area contributed by atoms with Crippen molar-refractivity contribution >= 4 is 39.5 Å². The number of carbonyl (C=O) groups is 2. The van der Waals surface area contributed by atoms with Gasteiger partial charge in [-0.3, -0.25) is 9.59 Å². The second kappa shape index (κ2) is 13.1. The lowest BCUT2D eigenvalue weighted by molar-refractivity contribution is -0.140. The zero-order valence-electron chi connectivity index (χ0n) is 21.5. The first-order valence-electron chi connectivity index (χ1n) is 12.1. The molecule has 3 aromatic carbocycles. The predicted molar refractivity (Wildman–Crippen MR) is 154 cm³/mol. The van der Waals surface area contributed by atoms with Crippen LogP contribution in [0.2, 0.25) is 0 Å². The van der Waals surface area contributed by atoms with Gasteiger partial charge in [0, 0.05) is 28.7 Å². The molecule has 6 heteroatoms. The summed E-state index contributed by atoms with van der Waals surface area (Å²) in [4.78, 5) is 29.1. The number of aryl methyl sites for hydroxylation is 1. The summed E-state index contributed by atoms with van der Waals surface area (Å²) in [6.07, 6.45) is 0.449. The standard InChI is InChI=1S/C30H35BrN2O2S/c1-22-11-8-9-15-25(22)20-36-21-28(34)33(19-24-14-10-16-26(31)17-24)27(29(35)32-30(2,3)4)18-23-12-6-5-7-13-23/h5-17,27H,18-21H2,1-4H3,(H,32,35)/t27-/m1/s1. The summed E-state index contributed by atoms with van der Waals surface area (Å²) in [5.41, 5.74) is 4.03. The Morgan fingerprint density at radius 3 is 2.28 bits per heavy atom. The zero-order chi connectivity index (χ0) is 26.1. The first kappa shape index (κ1) is 28.0. The van der Waals surface area contributed by atoms with Crippen LogP contribution < -0.4 is 5.32 Å². The van der Waals surface area contributed by atoms with E-state index in [0.29, 0.717) is 18.7 Å². The molecule has 4 nitrogen and oxygen atoms in total. The molecule has 0 aliphatic carbocycles. The van der Waals surface area contributed by atoms with E-state index in [1.807, 2.05) is 87.5 Å². The lowest BCUT2D eigenvalue weighted by atomic mass is 10.0. The Bertz CT molecular complexity index is 1160. The van der Waals surface area contributed by atoms with Gasteiger partial charge in [0.2, 0.25) is 11.8 Å². The van der Waals surface area contributed by atoms with Crippen molar-refractivity contribution in [2.45, 2.75) is 58.0 Å². The van der Waals surface area contributed by atoms with E-state index >= 15 is 0 Å². The van der Waals surface area contributed by atoms with Crippen LogP contribution in [0.5, 0.6) is 0 Å². The fourth-order valence-electron chi connectivity index (χ4n) is 3.94. The van der Waals surface area contributed by atoms with E-state index in [0.717, 1.165) is 21.4 Å². The second-order valence-corrected chi connectivity index (χ2v) is 11.9. The van der Waals surface area contributed by atoms with Crippen molar-refractivity contribution in [3.63, 3.8) is 0 Å². The number of hydrogen-bond donors (Lipinski definition) is 1. The number of rotatable bonds is 10. The molecule has 190 valence electrons. The van der Waals surface area contributed by atoms with Crippen molar-refractivity contribution in [3.05, 3.63) is 106 Å². The molecule has 0 fully saturated rings. The van der Waals surface area contributed by atoms with Crippen molar-refractivity contribution in [3.8, 4) is 0 Å². The van der Waals surface area contributed by atoms with Gasteiger partial charge < -0.3 is 10.2 Å². The van der Waals surface area contributed by atoms with Gasteiger partial charge in [-0.25, -0.2) is 0 Å². The molecule has 0 radical (unpaired) electrons. The molecule has 0 aromatic heterocycles. The van der Waals surface area contributed by atoms with Crippen molar-refractivity contribution in [1.29, 1.82) is 0 Å². The molecule has 0 saturated heterocycles. The Kier molecular flexibility index (Phi) is 10.2. The first-order valence-corrected chi connectivity index (χ1v) is 14.1. The van der Waals surface area contributed by atoms with Crippen molar-refractivity contribution in [2.24, 2.45) is 0 Å². The van der Waals surface area contributed by atoms with Crippen molar-refractivity contribution < 1.29 is 9.59 Å². The van der Waals surface area contributed by atoms with Gasteiger partial charge in [-0.1, -0.05) is 82.7 Å². The fraction of sp³-hybridized carbons (Fsp3) is 0.333. The minimum atomic E-state index is -0.628. The topological polar surface area (TPSA) is 49.4 Å². The Hall–Kier alpha value is -2.57. The van der Waals surface area contributed by atoms with Gasteiger partial charge >= 0.3 is 0 Å². The smallest absolute Gasteiger partial charge is 0.243 e. The van der Waals surface area contributed by atoms with Gasteiger partial charge in [0.05, 0.1) is 5.75 Å². The molecule has 1 N–H and O–H groups in total. The van der Waals surface area contributed by atoms with Gasteiger partial charge in [-0.15, -0.1) is 11.8 Å². The highest BCUT2D eigenvalue weighted by molar-refractivity contribution is 9.10. The van der Waals surface area contributed by atoms with Crippen LogP contribution in [-0.2, 0) is 28.3 Å². The number of nitrogens with one attached hydrogen (secondary N) is 1. The van der Waals surface area contributed by atoms with Gasteiger partial charge in [0.1, 0.15) is 6.04 Å². The quantitative estimate of drug-likeness (QED) is 0.303. The molecule has 0 bridgehead atoms. The molecule has 1 atom stereocenters. The molecule has 3 rings (SSSR count). The molecular weight excluding hydrogens is 532 g/mol. The molecule has 0 aliphatic rings. The van der Waals surface area contributed by atoms with Crippen LogP contribution in [0.15, 0.2) is 83.3 Å². The number of carbonyl (C=O) groups excluding carboxylic acids is 2. The summed E-state index contributed by atoms with van der Waals surface area (Å²) < 4.78 is 0.945. The van der Waals surface area contributed by atoms with Gasteiger partial charge in [-0.05, 0) is 62.1 Å². The Balaban J connectivity index is 1.88. The second-order valence-electron chi connectivity index (χ2n) is 10.0. The number of thioether (sulfide) groups is 1. The van der Waals surface area contributed by atoms with E-state index in [1.54, 1.807) is 16.7 Å². The summed E-state index contributed by atoms with van der Waals surface area (Å²) in [7, 11) is 0. The Morgan fingerprint density at radius 1 is 0.944 bits per heavy atom. The third-order valence-corrected chi connectivity index (χ3v) is 7.22. The Labute approximate surface area is 228 Å². The van der Waals surface area contributed by atoms with Crippen LogP contribution in [0.3, 0.4) is 0 Å². The first-order chi connectivity index (χ1) is 17.1. The third kappa shape index (κ3) is 8.82.